The van der Waals surface area contributed by atoms with Gasteiger partial charge >= 0.3 is 5.97 Å². The molecule has 1 saturated heterocycles. The average Bonchev–Trinajstić information content (AvgIpc) is 3.29. The number of rotatable bonds is 8. The van der Waals surface area contributed by atoms with Gasteiger partial charge in [-0.1, -0.05) is 23.7 Å². The maximum Gasteiger partial charge on any atom is 0.306 e. The molecule has 31 heavy (non-hydrogen) atoms. The van der Waals surface area contributed by atoms with Crippen molar-refractivity contribution in [2.24, 2.45) is 0 Å². The van der Waals surface area contributed by atoms with Gasteiger partial charge in [0.25, 0.3) is 5.91 Å². The Kier molecular flexibility index (Phi) is 7.64. The number of aryl methyl sites for hydroxylation is 1. The van der Waals surface area contributed by atoms with Gasteiger partial charge in [-0.2, -0.15) is 4.31 Å². The maximum absolute atomic E-state index is 13.6. The standard InChI is InChI=1S/C21H22ClFN2O5S/c22-16-6-9-18(23)19(13-16)24-20(26)14-30-21(27)10-5-15-3-7-17(8-4-15)31(28,29)25-11-1-2-12-25/h3-4,6-9,13H,1-2,5,10-12,14H2,(H,24,26). The lowest BCUT2D eigenvalue weighted by atomic mass is 10.1. The third kappa shape index (κ3) is 6.25. The molecule has 0 aliphatic carbocycles. The number of hydrogen-bond acceptors (Lipinski definition) is 5. The molecule has 1 amide bonds. The number of ether oxygens (including phenoxy) is 1. The monoisotopic (exact) mass is 468 g/mol. The third-order valence-electron chi connectivity index (χ3n) is 4.81. The number of hydrogen-bond donors (Lipinski definition) is 1. The van der Waals surface area contributed by atoms with Gasteiger partial charge in [-0.15, -0.1) is 0 Å². The normalized spacial score (nSPS) is 14.4. The SMILES string of the molecule is O=C(COC(=O)CCc1ccc(S(=O)(=O)N2CCCC2)cc1)Nc1cc(Cl)ccc1F. The zero-order chi connectivity index (χ0) is 22.4. The first kappa shape index (κ1) is 23.2. The summed E-state index contributed by atoms with van der Waals surface area (Å²) in [5.74, 6) is -1.94. The molecular weight excluding hydrogens is 447 g/mol. The van der Waals surface area contributed by atoms with Crippen molar-refractivity contribution in [2.45, 2.75) is 30.6 Å². The van der Waals surface area contributed by atoms with Gasteiger partial charge in [-0.25, -0.2) is 12.8 Å². The highest BCUT2D eigenvalue weighted by Gasteiger charge is 2.26. The summed E-state index contributed by atoms with van der Waals surface area (Å²) < 4.78 is 45.0. The van der Waals surface area contributed by atoms with Crippen LogP contribution in [0.2, 0.25) is 5.02 Å². The molecule has 0 unspecified atom stereocenters. The number of esters is 1. The Hall–Kier alpha value is -2.49. The van der Waals surface area contributed by atoms with Crippen molar-refractivity contribution < 1.29 is 27.1 Å². The lowest BCUT2D eigenvalue weighted by Gasteiger charge is -2.15. The number of nitrogens with zero attached hydrogens (tertiary/aromatic N) is 1. The Morgan fingerprint density at radius 1 is 1.10 bits per heavy atom. The predicted molar refractivity (Wildman–Crippen MR) is 114 cm³/mol. The number of anilines is 1. The van der Waals surface area contributed by atoms with Crippen LogP contribution in [-0.2, 0) is 30.8 Å². The van der Waals surface area contributed by atoms with Crippen LogP contribution in [0, 0.1) is 5.82 Å². The molecular formula is C21H22ClFN2O5S. The molecule has 1 aliphatic rings. The van der Waals surface area contributed by atoms with E-state index in [-0.39, 0.29) is 22.0 Å². The molecule has 166 valence electrons. The second-order valence-electron chi connectivity index (χ2n) is 7.09. The highest BCUT2D eigenvalue weighted by atomic mass is 35.5. The molecule has 0 bridgehead atoms. The Bertz CT molecular complexity index is 1050. The molecule has 2 aromatic rings. The molecule has 2 aromatic carbocycles. The first-order valence-corrected chi connectivity index (χ1v) is 11.6. The lowest BCUT2D eigenvalue weighted by Crippen LogP contribution is -2.27. The molecule has 3 rings (SSSR count). The number of carbonyl (C=O) groups excluding carboxylic acids is 2. The third-order valence-corrected chi connectivity index (χ3v) is 6.96. The highest BCUT2D eigenvalue weighted by Crippen LogP contribution is 2.22. The van der Waals surface area contributed by atoms with Crippen LogP contribution in [0.3, 0.4) is 0 Å². The van der Waals surface area contributed by atoms with Crippen LogP contribution in [-0.4, -0.2) is 44.3 Å². The minimum atomic E-state index is -3.47. The predicted octanol–water partition coefficient (Wildman–Crippen LogP) is 3.38. The van der Waals surface area contributed by atoms with E-state index >= 15 is 0 Å². The number of nitrogens with one attached hydrogen (secondary N) is 1. The van der Waals surface area contributed by atoms with E-state index in [2.05, 4.69) is 5.32 Å². The fourth-order valence-electron chi connectivity index (χ4n) is 3.15. The van der Waals surface area contributed by atoms with Crippen LogP contribution in [0.15, 0.2) is 47.4 Å². The molecule has 1 aliphatic heterocycles. The van der Waals surface area contributed by atoms with E-state index in [1.54, 1.807) is 12.1 Å². The van der Waals surface area contributed by atoms with E-state index < -0.39 is 34.3 Å². The number of benzene rings is 2. The Morgan fingerprint density at radius 2 is 1.77 bits per heavy atom. The van der Waals surface area contributed by atoms with E-state index in [4.69, 9.17) is 16.3 Å². The largest absolute Gasteiger partial charge is 0.456 e. The van der Waals surface area contributed by atoms with Crippen LogP contribution >= 0.6 is 11.6 Å². The smallest absolute Gasteiger partial charge is 0.306 e. The average molecular weight is 469 g/mol. The van der Waals surface area contributed by atoms with Crippen molar-refractivity contribution in [3.63, 3.8) is 0 Å². The van der Waals surface area contributed by atoms with Crippen molar-refractivity contribution in [3.05, 3.63) is 58.9 Å². The fraction of sp³-hybridized carbons (Fsp3) is 0.333. The van der Waals surface area contributed by atoms with Gasteiger partial charge in [0, 0.05) is 24.5 Å². The number of sulfonamides is 1. The van der Waals surface area contributed by atoms with Crippen LogP contribution in [0.5, 0.6) is 0 Å². The first-order valence-electron chi connectivity index (χ1n) is 9.75. The van der Waals surface area contributed by atoms with Gasteiger partial charge < -0.3 is 10.1 Å². The van der Waals surface area contributed by atoms with Crippen LogP contribution in [0.4, 0.5) is 10.1 Å². The highest BCUT2D eigenvalue weighted by molar-refractivity contribution is 7.89. The van der Waals surface area contributed by atoms with Crippen molar-refractivity contribution in [2.75, 3.05) is 25.0 Å². The molecule has 0 atom stereocenters. The molecule has 0 radical (unpaired) electrons. The van der Waals surface area contributed by atoms with E-state index in [1.807, 2.05) is 0 Å². The first-order chi connectivity index (χ1) is 14.8. The van der Waals surface area contributed by atoms with E-state index in [1.165, 1.54) is 28.6 Å². The van der Waals surface area contributed by atoms with Crippen LogP contribution in [0.25, 0.3) is 0 Å². The quantitative estimate of drug-likeness (QED) is 0.599. The number of amides is 1. The summed E-state index contributed by atoms with van der Waals surface area (Å²) in [6.07, 6.45) is 2.07. The van der Waals surface area contributed by atoms with Crippen molar-refractivity contribution >= 4 is 39.2 Å². The zero-order valence-electron chi connectivity index (χ0n) is 16.6. The summed E-state index contributed by atoms with van der Waals surface area (Å²) in [5.41, 5.74) is 0.667. The Labute approximate surface area is 185 Å². The molecule has 0 saturated carbocycles. The van der Waals surface area contributed by atoms with Crippen LogP contribution in [0.1, 0.15) is 24.8 Å². The molecule has 1 N–H and O–H groups in total. The number of carbonyl (C=O) groups is 2. The van der Waals surface area contributed by atoms with Crippen molar-refractivity contribution in [3.8, 4) is 0 Å². The van der Waals surface area contributed by atoms with E-state index in [0.717, 1.165) is 24.5 Å². The Balaban J connectivity index is 1.45. The Morgan fingerprint density at radius 3 is 2.45 bits per heavy atom. The second-order valence-corrected chi connectivity index (χ2v) is 9.46. The molecule has 1 fully saturated rings. The van der Waals surface area contributed by atoms with Gasteiger partial charge in [0.05, 0.1) is 10.6 Å². The summed E-state index contributed by atoms with van der Waals surface area (Å²) in [5, 5.41) is 2.54. The molecule has 1 heterocycles. The number of halogens is 2. The van der Waals surface area contributed by atoms with Crippen molar-refractivity contribution in [1.82, 2.24) is 4.31 Å². The van der Waals surface area contributed by atoms with Gasteiger partial charge in [-0.3, -0.25) is 9.59 Å². The molecule has 7 nitrogen and oxygen atoms in total. The maximum atomic E-state index is 13.6. The molecule has 0 aromatic heterocycles. The fourth-order valence-corrected chi connectivity index (χ4v) is 4.84. The minimum Gasteiger partial charge on any atom is -0.456 e. The molecule has 0 spiro atoms. The second kappa shape index (κ2) is 10.2. The summed E-state index contributed by atoms with van der Waals surface area (Å²) in [6.45, 7) is 0.513. The summed E-state index contributed by atoms with van der Waals surface area (Å²) in [6, 6.07) is 10.1. The zero-order valence-corrected chi connectivity index (χ0v) is 18.2. The molecule has 10 heteroatoms. The summed E-state index contributed by atoms with van der Waals surface area (Å²) in [4.78, 5) is 24.0. The van der Waals surface area contributed by atoms with E-state index in [9.17, 15) is 22.4 Å². The van der Waals surface area contributed by atoms with Gasteiger partial charge in [0.2, 0.25) is 10.0 Å². The minimum absolute atomic E-state index is 0.0109. The lowest BCUT2D eigenvalue weighted by molar-refractivity contribution is -0.147. The van der Waals surface area contributed by atoms with Crippen molar-refractivity contribution in [1.29, 1.82) is 0 Å². The van der Waals surface area contributed by atoms with Gasteiger partial charge in [0.15, 0.2) is 6.61 Å². The van der Waals surface area contributed by atoms with Gasteiger partial charge in [0.1, 0.15) is 5.82 Å². The topological polar surface area (TPSA) is 92.8 Å². The van der Waals surface area contributed by atoms with Gasteiger partial charge in [-0.05, 0) is 55.2 Å². The van der Waals surface area contributed by atoms with E-state index in [0.29, 0.717) is 19.5 Å². The summed E-state index contributed by atoms with van der Waals surface area (Å²) in [7, 11) is -3.47. The summed E-state index contributed by atoms with van der Waals surface area (Å²) >= 11 is 5.76. The van der Waals surface area contributed by atoms with Crippen LogP contribution < -0.4 is 5.32 Å².